The average Bonchev–Trinajstić information content (AvgIpc) is 2.73. The molecule has 0 aliphatic heterocycles. The van der Waals surface area contributed by atoms with Gasteiger partial charge in [0.15, 0.2) is 6.16 Å². The minimum atomic E-state index is -2.19. The van der Waals surface area contributed by atoms with Crippen molar-refractivity contribution in [2.45, 2.75) is 13.5 Å². The first kappa shape index (κ1) is 28.5. The van der Waals surface area contributed by atoms with Gasteiger partial charge < -0.3 is 43.2 Å². The Hall–Kier alpha value is -1.52. The fourth-order valence-corrected chi connectivity index (χ4v) is 7.83. The second-order valence-corrected chi connectivity index (χ2v) is 12.0. The van der Waals surface area contributed by atoms with Gasteiger partial charge in [0.2, 0.25) is 0 Å². The first-order valence-electron chi connectivity index (χ1n) is 10.4. The summed E-state index contributed by atoms with van der Waals surface area (Å²) in [5, 5.41) is 3.60. The van der Waals surface area contributed by atoms with Gasteiger partial charge in [0.25, 0.3) is 0 Å². The predicted molar refractivity (Wildman–Crippen MR) is 128 cm³/mol. The van der Waals surface area contributed by atoms with E-state index in [1.165, 1.54) is 21.5 Å². The minimum Gasteiger partial charge on any atom is -1.00 e. The molecule has 3 nitrogen and oxygen atoms in total. The van der Waals surface area contributed by atoms with Gasteiger partial charge in [0.05, 0.1) is 27.7 Å². The molecule has 0 aliphatic rings. The number of halogens is 2. The summed E-state index contributed by atoms with van der Waals surface area (Å²) >= 11 is 0. The van der Waals surface area contributed by atoms with Crippen LogP contribution in [0.4, 0.5) is 0 Å². The van der Waals surface area contributed by atoms with Crippen LogP contribution in [0, 0.1) is 0 Å². The number of benzene rings is 3. The van der Waals surface area contributed by atoms with E-state index in [1.54, 1.807) is 0 Å². The summed E-state index contributed by atoms with van der Waals surface area (Å²) < 4.78 is 6.31. The fraction of sp³-hybridized carbons (Fsp3) is 0.269. The van der Waals surface area contributed by atoms with Crippen molar-refractivity contribution in [2.24, 2.45) is 0 Å². The second kappa shape index (κ2) is 12.6. The number of quaternary nitrogens is 1. The first-order chi connectivity index (χ1) is 14.3. The third-order valence-electron chi connectivity index (χ3n) is 5.10. The number of esters is 1. The second-order valence-electron chi connectivity index (χ2n) is 8.56. The molecule has 0 unspecified atom stereocenters. The highest BCUT2D eigenvalue weighted by Gasteiger charge is 2.47. The SMILES string of the molecule is CCOC(=O)C[P+](c1ccccc1)(c1ccccc1)c1ccc(C[N+](C)(C)C)cc1.[Br-].[Br-]. The summed E-state index contributed by atoms with van der Waals surface area (Å²) in [5.41, 5.74) is 1.29. The van der Waals surface area contributed by atoms with Crippen molar-refractivity contribution >= 4 is 29.1 Å². The summed E-state index contributed by atoms with van der Waals surface area (Å²) in [6.07, 6.45) is 0.365. The Labute approximate surface area is 214 Å². The van der Waals surface area contributed by atoms with Gasteiger partial charge in [-0.2, -0.15) is 0 Å². The number of hydrogen-bond donors (Lipinski definition) is 0. The Morgan fingerprint density at radius 2 is 1.19 bits per heavy atom. The van der Waals surface area contributed by atoms with E-state index >= 15 is 0 Å². The zero-order chi connectivity index (χ0) is 21.6. The van der Waals surface area contributed by atoms with Gasteiger partial charge in [-0.3, -0.25) is 0 Å². The molecule has 0 bridgehead atoms. The fourth-order valence-electron chi connectivity index (χ4n) is 3.89. The van der Waals surface area contributed by atoms with Crippen LogP contribution in [0.2, 0.25) is 0 Å². The van der Waals surface area contributed by atoms with Crippen LogP contribution in [0.1, 0.15) is 12.5 Å². The highest BCUT2D eigenvalue weighted by molar-refractivity contribution is 7.96. The van der Waals surface area contributed by atoms with Crippen molar-refractivity contribution in [3.8, 4) is 0 Å². The number of carbonyl (C=O) groups is 1. The highest BCUT2D eigenvalue weighted by atomic mass is 79.9. The molecule has 172 valence electrons. The third-order valence-corrected chi connectivity index (χ3v) is 9.37. The molecule has 3 aromatic rings. The monoisotopic (exact) mass is 579 g/mol. The number of hydrogen-bond acceptors (Lipinski definition) is 2. The van der Waals surface area contributed by atoms with Gasteiger partial charge in [-0.1, -0.05) is 36.4 Å². The molecule has 3 rings (SSSR count). The van der Waals surface area contributed by atoms with Crippen LogP contribution < -0.4 is 49.9 Å². The molecule has 0 fully saturated rings. The van der Waals surface area contributed by atoms with Crippen LogP contribution in [-0.2, 0) is 16.1 Å². The molecule has 32 heavy (non-hydrogen) atoms. The van der Waals surface area contributed by atoms with E-state index in [2.05, 4.69) is 93.9 Å². The van der Waals surface area contributed by atoms with Crippen molar-refractivity contribution in [3.63, 3.8) is 0 Å². The van der Waals surface area contributed by atoms with Crippen molar-refractivity contribution in [3.05, 3.63) is 90.5 Å². The van der Waals surface area contributed by atoms with Crippen LogP contribution in [0.3, 0.4) is 0 Å². The smallest absolute Gasteiger partial charge is 0.345 e. The molecule has 6 heteroatoms. The summed E-state index contributed by atoms with van der Waals surface area (Å²) in [6.45, 7) is 3.22. The van der Waals surface area contributed by atoms with E-state index in [0.717, 1.165) is 11.0 Å². The van der Waals surface area contributed by atoms with Gasteiger partial charge in [0, 0.05) is 5.56 Å². The van der Waals surface area contributed by atoms with Crippen molar-refractivity contribution in [2.75, 3.05) is 33.9 Å². The molecule has 3 aromatic carbocycles. The number of rotatable bonds is 8. The Balaban J connectivity index is 0.00000256. The standard InChI is InChI=1S/C26H32NO2P.2BrH/c1-5-29-26(28)21-30(23-12-8-6-9-13-23,24-14-10-7-11-15-24)25-18-16-22(17-19-25)20-27(2,3)4;;/h6-19H,5,20-21H2,1-4H3;2*1H/q+2;;/p-2. The van der Waals surface area contributed by atoms with E-state index in [1.807, 2.05) is 19.1 Å². The molecule has 0 N–H and O–H groups in total. The van der Waals surface area contributed by atoms with Crippen LogP contribution in [0.25, 0.3) is 0 Å². The maximum Gasteiger partial charge on any atom is 0.345 e. The average molecular weight is 581 g/mol. The predicted octanol–water partition coefficient (Wildman–Crippen LogP) is -2.24. The van der Waals surface area contributed by atoms with E-state index in [0.29, 0.717) is 12.8 Å². The molecule has 0 radical (unpaired) electrons. The first-order valence-corrected chi connectivity index (χ1v) is 12.4. The topological polar surface area (TPSA) is 26.3 Å². The molecule has 0 heterocycles. The van der Waals surface area contributed by atoms with Crippen molar-refractivity contribution < 1.29 is 48.0 Å². The van der Waals surface area contributed by atoms with Crippen molar-refractivity contribution in [1.29, 1.82) is 0 Å². The van der Waals surface area contributed by atoms with Gasteiger partial charge in [-0.05, 0) is 55.5 Å². The van der Waals surface area contributed by atoms with E-state index in [-0.39, 0.29) is 39.9 Å². The molecule has 0 amide bonds. The third kappa shape index (κ3) is 6.99. The molecular formula is C26H32Br2NO2P. The molecule has 0 aliphatic carbocycles. The lowest BCUT2D eigenvalue weighted by atomic mass is 10.2. The van der Waals surface area contributed by atoms with Gasteiger partial charge in [0.1, 0.15) is 29.7 Å². The van der Waals surface area contributed by atoms with E-state index < -0.39 is 7.26 Å². The largest absolute Gasteiger partial charge is 1.00 e. The zero-order valence-corrected chi connectivity index (χ0v) is 23.2. The molecular weight excluding hydrogens is 549 g/mol. The Morgan fingerprint density at radius 1 is 0.750 bits per heavy atom. The van der Waals surface area contributed by atoms with Crippen LogP contribution in [0.5, 0.6) is 0 Å². The highest BCUT2D eigenvalue weighted by Crippen LogP contribution is 2.55. The molecule has 0 atom stereocenters. The maximum absolute atomic E-state index is 12.8. The van der Waals surface area contributed by atoms with Crippen LogP contribution >= 0.6 is 7.26 Å². The van der Waals surface area contributed by atoms with Gasteiger partial charge in [-0.25, -0.2) is 4.79 Å². The summed E-state index contributed by atoms with van der Waals surface area (Å²) in [7, 11) is 4.39. The summed E-state index contributed by atoms with van der Waals surface area (Å²) in [6, 6.07) is 29.8. The lowest BCUT2D eigenvalue weighted by Gasteiger charge is -2.27. The zero-order valence-electron chi connectivity index (χ0n) is 19.2. The lowest BCUT2D eigenvalue weighted by Crippen LogP contribution is -3.00. The van der Waals surface area contributed by atoms with Crippen molar-refractivity contribution in [1.82, 2.24) is 0 Å². The van der Waals surface area contributed by atoms with Crippen LogP contribution in [-0.4, -0.2) is 44.4 Å². The normalized spacial score (nSPS) is 11.1. The quantitative estimate of drug-likeness (QED) is 0.171. The Morgan fingerprint density at radius 3 is 1.59 bits per heavy atom. The summed E-state index contributed by atoms with van der Waals surface area (Å²) in [4.78, 5) is 12.8. The number of nitrogens with zero attached hydrogens (tertiary/aromatic N) is 1. The minimum absolute atomic E-state index is 0. The summed E-state index contributed by atoms with van der Waals surface area (Å²) in [5.74, 6) is -0.144. The molecule has 0 saturated carbocycles. The number of carbonyl (C=O) groups excluding carboxylic acids is 1. The molecule has 0 saturated heterocycles. The van der Waals surface area contributed by atoms with Gasteiger partial charge in [-0.15, -0.1) is 0 Å². The maximum atomic E-state index is 12.8. The van der Waals surface area contributed by atoms with E-state index in [4.69, 9.17) is 4.74 Å². The number of ether oxygens (including phenoxy) is 1. The van der Waals surface area contributed by atoms with Crippen LogP contribution in [0.15, 0.2) is 84.9 Å². The Bertz CT molecular complexity index is 919. The van der Waals surface area contributed by atoms with Gasteiger partial charge >= 0.3 is 5.97 Å². The molecule has 0 aromatic heterocycles. The Kier molecular flexibility index (Phi) is 11.3. The van der Waals surface area contributed by atoms with E-state index in [9.17, 15) is 4.79 Å². The molecule has 0 spiro atoms. The lowest BCUT2D eigenvalue weighted by molar-refractivity contribution is -0.884.